The molecule has 0 bridgehead atoms. The molecule has 1 amide bonds. The van der Waals surface area contributed by atoms with Crippen LogP contribution in [0, 0.1) is 5.92 Å². The molecule has 0 aromatic carbocycles. The maximum atomic E-state index is 12.1. The van der Waals surface area contributed by atoms with Crippen LogP contribution < -0.4 is 0 Å². The van der Waals surface area contributed by atoms with Gasteiger partial charge in [0.25, 0.3) is 0 Å². The average molecular weight is 232 g/mol. The summed E-state index contributed by atoms with van der Waals surface area (Å²) in [5.41, 5.74) is 1.12. The highest BCUT2D eigenvalue weighted by molar-refractivity contribution is 5.77. The second kappa shape index (κ2) is 5.30. The van der Waals surface area contributed by atoms with E-state index in [1.807, 2.05) is 23.2 Å². The van der Waals surface area contributed by atoms with E-state index in [4.69, 9.17) is 0 Å². The lowest BCUT2D eigenvalue weighted by atomic mass is 10.1. The van der Waals surface area contributed by atoms with Gasteiger partial charge in [0.2, 0.25) is 5.91 Å². The van der Waals surface area contributed by atoms with Gasteiger partial charge in [-0.2, -0.15) is 0 Å². The summed E-state index contributed by atoms with van der Waals surface area (Å²) in [7, 11) is 0. The lowest BCUT2D eigenvalue weighted by Gasteiger charge is -2.23. The van der Waals surface area contributed by atoms with Gasteiger partial charge in [0.1, 0.15) is 0 Å². The van der Waals surface area contributed by atoms with Crippen molar-refractivity contribution in [1.82, 2.24) is 9.88 Å². The topological polar surface area (TPSA) is 33.2 Å². The summed E-state index contributed by atoms with van der Waals surface area (Å²) in [4.78, 5) is 18.3. The van der Waals surface area contributed by atoms with Crippen molar-refractivity contribution in [2.75, 3.05) is 0 Å². The first-order valence-corrected chi connectivity index (χ1v) is 6.35. The molecule has 0 spiro atoms. The zero-order valence-electron chi connectivity index (χ0n) is 10.6. The molecule has 3 nitrogen and oxygen atoms in total. The number of aromatic nitrogens is 1. The van der Waals surface area contributed by atoms with Crippen LogP contribution in [0.3, 0.4) is 0 Å². The monoisotopic (exact) mass is 232 g/mol. The number of carbonyl (C=O) groups is 1. The molecule has 0 atom stereocenters. The van der Waals surface area contributed by atoms with Gasteiger partial charge in [-0.05, 0) is 30.4 Å². The highest BCUT2D eigenvalue weighted by atomic mass is 16.2. The summed E-state index contributed by atoms with van der Waals surface area (Å²) in [6.07, 6.45) is 6.57. The maximum absolute atomic E-state index is 12.1. The van der Waals surface area contributed by atoms with Crippen LogP contribution in [-0.4, -0.2) is 21.8 Å². The van der Waals surface area contributed by atoms with E-state index in [2.05, 4.69) is 18.8 Å². The fraction of sp³-hybridized carbons (Fsp3) is 0.571. The van der Waals surface area contributed by atoms with Crippen LogP contribution in [0.25, 0.3) is 0 Å². The van der Waals surface area contributed by atoms with Gasteiger partial charge in [-0.3, -0.25) is 9.78 Å². The molecule has 3 heteroatoms. The molecule has 1 saturated carbocycles. The molecule has 17 heavy (non-hydrogen) atoms. The number of amides is 1. The molecule has 92 valence electrons. The first-order valence-electron chi connectivity index (χ1n) is 6.35. The van der Waals surface area contributed by atoms with E-state index in [0.717, 1.165) is 18.4 Å². The second-order valence-corrected chi connectivity index (χ2v) is 5.21. The van der Waals surface area contributed by atoms with Gasteiger partial charge < -0.3 is 4.90 Å². The molecule has 1 aromatic rings. The number of rotatable bonds is 5. The lowest BCUT2D eigenvalue weighted by Crippen LogP contribution is -2.33. The standard InChI is InChI=1S/C14H20N2O/c1-11(2)8-14(17)16(13-5-6-13)10-12-4-3-7-15-9-12/h3-4,7,9,11,13H,5-6,8,10H2,1-2H3. The third-order valence-electron chi connectivity index (χ3n) is 2.97. The highest BCUT2D eigenvalue weighted by Gasteiger charge is 2.32. The van der Waals surface area contributed by atoms with E-state index < -0.39 is 0 Å². The van der Waals surface area contributed by atoms with Crippen molar-refractivity contribution in [3.05, 3.63) is 30.1 Å². The largest absolute Gasteiger partial charge is 0.335 e. The van der Waals surface area contributed by atoms with Crippen LogP contribution in [0.15, 0.2) is 24.5 Å². The van der Waals surface area contributed by atoms with Crippen LogP contribution in [0.2, 0.25) is 0 Å². The minimum Gasteiger partial charge on any atom is -0.335 e. The fourth-order valence-electron chi connectivity index (χ4n) is 1.96. The second-order valence-electron chi connectivity index (χ2n) is 5.21. The van der Waals surface area contributed by atoms with E-state index in [0.29, 0.717) is 24.9 Å². The summed E-state index contributed by atoms with van der Waals surface area (Å²) in [5, 5.41) is 0. The van der Waals surface area contributed by atoms with Gasteiger partial charge in [0, 0.05) is 31.4 Å². The smallest absolute Gasteiger partial charge is 0.223 e. The molecule has 0 aliphatic heterocycles. The summed E-state index contributed by atoms with van der Waals surface area (Å²) < 4.78 is 0. The molecule has 0 unspecified atom stereocenters. The van der Waals surface area contributed by atoms with Gasteiger partial charge in [-0.15, -0.1) is 0 Å². The van der Waals surface area contributed by atoms with Crippen molar-refractivity contribution >= 4 is 5.91 Å². The highest BCUT2D eigenvalue weighted by Crippen LogP contribution is 2.29. The fourth-order valence-corrected chi connectivity index (χ4v) is 1.96. The van der Waals surface area contributed by atoms with Crippen LogP contribution in [0.5, 0.6) is 0 Å². The molecule has 1 aliphatic carbocycles. The number of hydrogen-bond acceptors (Lipinski definition) is 2. The van der Waals surface area contributed by atoms with Crippen molar-refractivity contribution in [2.24, 2.45) is 5.92 Å². The van der Waals surface area contributed by atoms with Crippen LogP contribution in [0.1, 0.15) is 38.7 Å². The van der Waals surface area contributed by atoms with Gasteiger partial charge in [0.15, 0.2) is 0 Å². The van der Waals surface area contributed by atoms with E-state index >= 15 is 0 Å². The van der Waals surface area contributed by atoms with E-state index in [1.165, 1.54) is 0 Å². The van der Waals surface area contributed by atoms with E-state index in [9.17, 15) is 4.79 Å². The minimum absolute atomic E-state index is 0.284. The maximum Gasteiger partial charge on any atom is 0.223 e. The molecule has 0 radical (unpaired) electrons. The summed E-state index contributed by atoms with van der Waals surface area (Å²) in [6.45, 7) is 4.89. The molecule has 2 rings (SSSR count). The molecule has 0 saturated heterocycles. The summed E-state index contributed by atoms with van der Waals surface area (Å²) in [5.74, 6) is 0.712. The zero-order chi connectivity index (χ0) is 12.3. The molecule has 1 aromatic heterocycles. The van der Waals surface area contributed by atoms with Crippen molar-refractivity contribution in [3.63, 3.8) is 0 Å². The van der Waals surface area contributed by atoms with Gasteiger partial charge in [-0.1, -0.05) is 19.9 Å². The van der Waals surface area contributed by atoms with Gasteiger partial charge >= 0.3 is 0 Å². The first-order chi connectivity index (χ1) is 8.16. The Bertz CT molecular complexity index is 371. The Morgan fingerprint density at radius 1 is 1.53 bits per heavy atom. The average Bonchev–Trinajstić information content (AvgIpc) is 3.10. The quantitative estimate of drug-likeness (QED) is 0.782. The van der Waals surface area contributed by atoms with Crippen LogP contribution in [0.4, 0.5) is 0 Å². The van der Waals surface area contributed by atoms with Crippen molar-refractivity contribution < 1.29 is 4.79 Å². The Balaban J connectivity index is 2.00. The van der Waals surface area contributed by atoms with Crippen molar-refractivity contribution in [3.8, 4) is 0 Å². The lowest BCUT2D eigenvalue weighted by molar-refractivity contribution is -0.133. The molecule has 1 aliphatic rings. The molecular formula is C14H20N2O. The Hall–Kier alpha value is -1.38. The van der Waals surface area contributed by atoms with Gasteiger partial charge in [-0.25, -0.2) is 0 Å². The van der Waals surface area contributed by atoms with E-state index in [-0.39, 0.29) is 5.91 Å². The Morgan fingerprint density at radius 2 is 2.29 bits per heavy atom. The summed E-state index contributed by atoms with van der Waals surface area (Å²) >= 11 is 0. The van der Waals surface area contributed by atoms with Crippen LogP contribution in [-0.2, 0) is 11.3 Å². The van der Waals surface area contributed by atoms with Crippen molar-refractivity contribution in [2.45, 2.75) is 45.7 Å². The molecule has 0 N–H and O–H groups in total. The Kier molecular flexibility index (Phi) is 3.77. The number of nitrogens with zero attached hydrogens (tertiary/aromatic N) is 2. The Morgan fingerprint density at radius 3 is 2.82 bits per heavy atom. The normalized spacial score (nSPS) is 15.0. The van der Waals surface area contributed by atoms with Gasteiger partial charge in [0.05, 0.1) is 0 Å². The van der Waals surface area contributed by atoms with Crippen molar-refractivity contribution in [1.29, 1.82) is 0 Å². The first kappa shape index (κ1) is 12.1. The predicted octanol–water partition coefficient (Wildman–Crippen LogP) is 2.62. The number of carbonyl (C=O) groups excluding carboxylic acids is 1. The predicted molar refractivity (Wildman–Crippen MR) is 67.3 cm³/mol. The number of hydrogen-bond donors (Lipinski definition) is 0. The molecule has 1 heterocycles. The zero-order valence-corrected chi connectivity index (χ0v) is 10.6. The third-order valence-corrected chi connectivity index (χ3v) is 2.97. The molecular weight excluding hydrogens is 212 g/mol. The number of pyridine rings is 1. The summed E-state index contributed by atoms with van der Waals surface area (Å²) in [6, 6.07) is 4.43. The Labute approximate surface area is 103 Å². The van der Waals surface area contributed by atoms with E-state index in [1.54, 1.807) is 6.20 Å². The SMILES string of the molecule is CC(C)CC(=O)N(Cc1cccnc1)C1CC1. The minimum atomic E-state index is 0.284. The third kappa shape index (κ3) is 3.55. The van der Waals surface area contributed by atoms with Crippen LogP contribution >= 0.6 is 0 Å². The molecule has 1 fully saturated rings.